The number of unbranched alkanes of at least 4 members (excludes halogenated alkanes) is 1. The number of phenolic OH excluding ortho intramolecular Hbond substituents is 1. The highest BCUT2D eigenvalue weighted by molar-refractivity contribution is 7.80. The average Bonchev–Trinajstić information content (AvgIpc) is 4.19. The van der Waals surface area contributed by atoms with Crippen molar-refractivity contribution in [3.05, 3.63) is 29.8 Å². The summed E-state index contributed by atoms with van der Waals surface area (Å²) in [4.78, 5) is 148. The fourth-order valence-electron chi connectivity index (χ4n) is 8.88. The van der Waals surface area contributed by atoms with Crippen LogP contribution in [0.4, 0.5) is 0 Å². The van der Waals surface area contributed by atoms with Gasteiger partial charge >= 0.3 is 11.9 Å². The van der Waals surface area contributed by atoms with Gasteiger partial charge in [-0.2, -0.15) is 12.6 Å². The van der Waals surface area contributed by atoms with Gasteiger partial charge in [-0.1, -0.05) is 12.1 Å². The van der Waals surface area contributed by atoms with Crippen LogP contribution in [0.15, 0.2) is 24.3 Å². The number of aromatic hydroxyl groups is 1. The van der Waals surface area contributed by atoms with Crippen LogP contribution < -0.4 is 43.4 Å². The van der Waals surface area contributed by atoms with Crippen molar-refractivity contribution >= 4 is 77.7 Å². The van der Waals surface area contributed by atoms with E-state index in [4.69, 9.17) is 16.6 Å². The first-order valence-electron chi connectivity index (χ1n) is 24.5. The van der Waals surface area contributed by atoms with E-state index < -0.39 is 146 Å². The Morgan fingerprint density at radius 2 is 1.18 bits per heavy atom. The molecule has 1 aromatic carbocycles. The number of phenols is 1. The molecular weight excluding hydrogens is 995 g/mol. The standard InChI is InChI=1S/C46H69N11O16S/c47-16-2-1-6-28(50-41(67)30(22-58)52-38(64)27(48)14-15-37(62)63)40(66)51-29(20-25-10-12-26(60)13-11-25)39(65)49-21-36(61)55-17-4-8-34(55)45(71)56-18-3-7-33(56)43(69)53-31(23-59)42(68)54-32(24-74)44(70)57-19-5-9-35(57)46(72)73/h10-13,27-35,58-60,74H,1-9,14-24,47-48H2,(H,49,65)(H,50,67)(H,51,66)(H,52,64)(H,53,69)(H,54,68)(H,62,63)(H,72,73)/t27-,28-,29-,30-,31-,32-,33-,34-,35-/m0/s1. The number of hydrogen-bond donors (Lipinski definition) is 14. The third kappa shape index (κ3) is 17.0. The summed E-state index contributed by atoms with van der Waals surface area (Å²) in [6.07, 6.45) is 1.66. The quantitative estimate of drug-likeness (QED) is 0.0275. The number of thiol groups is 1. The maximum Gasteiger partial charge on any atom is 0.326 e. The molecule has 3 aliphatic heterocycles. The van der Waals surface area contributed by atoms with Crippen LogP contribution in [-0.4, -0.2) is 211 Å². The van der Waals surface area contributed by atoms with E-state index in [1.54, 1.807) is 0 Å². The predicted molar refractivity (Wildman–Crippen MR) is 262 cm³/mol. The molecule has 3 saturated heterocycles. The number of nitrogens with one attached hydrogen (secondary N) is 6. The molecule has 9 amide bonds. The summed E-state index contributed by atoms with van der Waals surface area (Å²) >= 11 is 4.14. The molecule has 0 aromatic heterocycles. The number of aliphatic hydroxyl groups excluding tert-OH is 2. The van der Waals surface area contributed by atoms with E-state index in [1.165, 1.54) is 34.1 Å². The van der Waals surface area contributed by atoms with E-state index in [-0.39, 0.29) is 76.2 Å². The van der Waals surface area contributed by atoms with Gasteiger partial charge in [0.05, 0.1) is 25.8 Å². The maximum absolute atomic E-state index is 14.1. The van der Waals surface area contributed by atoms with Crippen molar-refractivity contribution in [1.29, 1.82) is 0 Å². The van der Waals surface area contributed by atoms with Crippen LogP contribution in [0.1, 0.15) is 76.2 Å². The third-order valence-corrected chi connectivity index (χ3v) is 13.3. The average molecular weight is 1060 g/mol. The van der Waals surface area contributed by atoms with Gasteiger partial charge in [0.1, 0.15) is 54.1 Å². The lowest BCUT2D eigenvalue weighted by Crippen LogP contribution is -2.60. The highest BCUT2D eigenvalue weighted by Crippen LogP contribution is 2.26. The topological polar surface area (TPSA) is 423 Å². The number of aliphatic carboxylic acids is 2. The number of nitrogens with zero attached hydrogens (tertiary/aromatic N) is 3. The Hall–Kier alpha value is -6.62. The second-order valence-corrected chi connectivity index (χ2v) is 18.6. The molecule has 3 fully saturated rings. The molecule has 0 unspecified atom stereocenters. The van der Waals surface area contributed by atoms with E-state index in [2.05, 4.69) is 44.5 Å². The van der Waals surface area contributed by atoms with E-state index in [9.17, 15) is 73.2 Å². The number of nitrogens with two attached hydrogens (primary N) is 2. The number of carboxylic acids is 2. The molecule has 1 aromatic rings. The SMILES string of the molecule is NCCCC[C@H](NC(=O)[C@H](CO)NC(=O)[C@@H](N)CCC(=O)O)C(=O)N[C@@H](Cc1ccc(O)cc1)C(=O)NCC(=O)N1CCC[C@H]1C(=O)N1CCC[C@H]1C(=O)N[C@@H](CO)C(=O)N[C@@H](CS)C(=O)N1CCC[C@H]1C(=O)O. The van der Waals surface area contributed by atoms with Gasteiger partial charge in [0.25, 0.3) is 0 Å². The van der Waals surface area contributed by atoms with Crippen molar-refractivity contribution < 1.29 is 78.3 Å². The van der Waals surface area contributed by atoms with Gasteiger partial charge < -0.3 is 83.6 Å². The Morgan fingerprint density at radius 1 is 0.635 bits per heavy atom. The first-order valence-corrected chi connectivity index (χ1v) is 25.1. The minimum Gasteiger partial charge on any atom is -0.508 e. The summed E-state index contributed by atoms with van der Waals surface area (Å²) < 4.78 is 0. The van der Waals surface area contributed by atoms with Gasteiger partial charge in [0.2, 0.25) is 53.2 Å². The van der Waals surface area contributed by atoms with Crippen LogP contribution in [-0.2, 0) is 59.2 Å². The van der Waals surface area contributed by atoms with Crippen LogP contribution in [0.5, 0.6) is 5.75 Å². The smallest absolute Gasteiger partial charge is 0.326 e. The van der Waals surface area contributed by atoms with Crippen LogP contribution >= 0.6 is 12.6 Å². The number of amides is 9. The molecular formula is C46H69N11O16S. The minimum atomic E-state index is -1.61. The molecule has 28 heteroatoms. The van der Waals surface area contributed by atoms with Gasteiger partial charge in [-0.05, 0) is 88.4 Å². The Balaban J connectivity index is 1.42. The first kappa shape index (κ1) is 59.9. The fraction of sp³-hybridized carbons (Fsp3) is 0.630. The Morgan fingerprint density at radius 3 is 1.77 bits per heavy atom. The summed E-state index contributed by atoms with van der Waals surface area (Å²) in [6, 6.07) is -6.09. The summed E-state index contributed by atoms with van der Waals surface area (Å²) in [5, 5.41) is 63.1. The summed E-state index contributed by atoms with van der Waals surface area (Å²) in [7, 11) is 0. The third-order valence-electron chi connectivity index (χ3n) is 13.0. The predicted octanol–water partition coefficient (Wildman–Crippen LogP) is -5.23. The van der Waals surface area contributed by atoms with Crippen LogP contribution in [0.2, 0.25) is 0 Å². The molecule has 4 rings (SSSR count). The van der Waals surface area contributed by atoms with E-state index >= 15 is 0 Å². The number of carbonyl (C=O) groups is 11. The van der Waals surface area contributed by atoms with Gasteiger partial charge in [-0.3, -0.25) is 47.9 Å². The Labute approximate surface area is 431 Å². The highest BCUT2D eigenvalue weighted by Gasteiger charge is 2.44. The van der Waals surface area contributed by atoms with Gasteiger partial charge in [0, 0.05) is 38.2 Å². The van der Waals surface area contributed by atoms with Crippen molar-refractivity contribution in [2.75, 3.05) is 51.7 Å². The summed E-state index contributed by atoms with van der Waals surface area (Å²) in [5.74, 6) is -10.0. The lowest BCUT2D eigenvalue weighted by molar-refractivity contribution is -0.149. The molecule has 15 N–H and O–H groups in total. The number of hydrogen-bond acceptors (Lipinski definition) is 17. The lowest BCUT2D eigenvalue weighted by Gasteiger charge is -2.32. The molecule has 0 radical (unpaired) electrons. The van der Waals surface area contributed by atoms with Crippen molar-refractivity contribution in [3.63, 3.8) is 0 Å². The molecule has 3 aliphatic rings. The monoisotopic (exact) mass is 1060 g/mol. The van der Waals surface area contributed by atoms with Crippen LogP contribution in [0.3, 0.4) is 0 Å². The molecule has 0 bridgehead atoms. The zero-order valence-electron chi connectivity index (χ0n) is 40.8. The second-order valence-electron chi connectivity index (χ2n) is 18.2. The molecule has 74 heavy (non-hydrogen) atoms. The van der Waals surface area contributed by atoms with E-state index in [0.29, 0.717) is 37.7 Å². The zero-order chi connectivity index (χ0) is 54.6. The summed E-state index contributed by atoms with van der Waals surface area (Å²) in [6.45, 7) is -1.85. The molecule has 3 heterocycles. The normalized spacial score (nSPS) is 19.7. The number of likely N-dealkylation sites (tertiary alicyclic amines) is 3. The van der Waals surface area contributed by atoms with E-state index in [0.717, 1.165) is 4.90 Å². The maximum atomic E-state index is 14.1. The molecule has 0 spiro atoms. The first-order chi connectivity index (χ1) is 35.2. The van der Waals surface area contributed by atoms with Crippen LogP contribution in [0.25, 0.3) is 0 Å². The van der Waals surface area contributed by atoms with Gasteiger partial charge in [-0.15, -0.1) is 0 Å². The van der Waals surface area contributed by atoms with Crippen molar-refractivity contribution in [2.24, 2.45) is 11.5 Å². The number of carboxylic acid groups (broad SMARTS) is 2. The molecule has 0 saturated carbocycles. The van der Waals surface area contributed by atoms with Crippen molar-refractivity contribution in [3.8, 4) is 5.75 Å². The summed E-state index contributed by atoms with van der Waals surface area (Å²) in [5.41, 5.74) is 11.9. The Kier molecular flexibility index (Phi) is 23.7. The van der Waals surface area contributed by atoms with Gasteiger partial charge in [0.15, 0.2) is 0 Å². The minimum absolute atomic E-state index is 0.0118. The van der Waals surface area contributed by atoms with E-state index in [1.807, 2.05) is 0 Å². The van der Waals surface area contributed by atoms with Crippen LogP contribution in [0, 0.1) is 0 Å². The highest BCUT2D eigenvalue weighted by atomic mass is 32.1. The van der Waals surface area contributed by atoms with Crippen molar-refractivity contribution in [2.45, 2.75) is 131 Å². The second kappa shape index (κ2) is 29.3. The number of benzene rings is 1. The van der Waals surface area contributed by atoms with Crippen molar-refractivity contribution in [1.82, 2.24) is 46.6 Å². The van der Waals surface area contributed by atoms with Gasteiger partial charge in [-0.25, -0.2) is 4.79 Å². The number of rotatable bonds is 28. The molecule has 0 aliphatic carbocycles. The molecule has 9 atom stereocenters. The number of aliphatic hydroxyl groups is 2. The number of carbonyl (C=O) groups excluding carboxylic acids is 9. The largest absolute Gasteiger partial charge is 0.508 e. The molecule has 27 nitrogen and oxygen atoms in total. The fourth-order valence-corrected chi connectivity index (χ4v) is 9.12. The Bertz CT molecular complexity index is 2190. The lowest BCUT2D eigenvalue weighted by atomic mass is 10.0. The zero-order valence-corrected chi connectivity index (χ0v) is 41.7. The molecule has 410 valence electrons.